The fraction of sp³-hybridized carbons (Fsp3) is 0.364. The van der Waals surface area contributed by atoms with Crippen LogP contribution in [-0.2, 0) is 11.3 Å². The summed E-state index contributed by atoms with van der Waals surface area (Å²) in [5, 5.41) is 4.21. The van der Waals surface area contributed by atoms with Crippen LogP contribution in [0.2, 0.25) is 0 Å². The molecule has 4 rings (SSSR count). The predicted octanol–water partition coefficient (Wildman–Crippen LogP) is 2.96. The Morgan fingerprint density at radius 2 is 2.19 bits per heavy atom. The molecule has 2 amide bonds. The summed E-state index contributed by atoms with van der Waals surface area (Å²) in [4.78, 5) is 36.7. The average Bonchev–Trinajstić information content (AvgIpc) is 3.14. The van der Waals surface area contributed by atoms with Gasteiger partial charge in [0.1, 0.15) is 22.7 Å². The number of nitrogens with zero attached hydrogens (tertiary/aromatic N) is 3. The van der Waals surface area contributed by atoms with Crippen molar-refractivity contribution in [3.05, 3.63) is 46.6 Å². The molecule has 3 N–H and O–H groups in total. The second kappa shape index (κ2) is 8.89. The Hall–Kier alpha value is -3.20. The number of carbonyl (C=O) groups is 2. The highest BCUT2D eigenvalue weighted by molar-refractivity contribution is 7.20. The van der Waals surface area contributed by atoms with Gasteiger partial charge in [0.05, 0.1) is 23.3 Å². The first-order chi connectivity index (χ1) is 15.0. The molecule has 1 aliphatic heterocycles. The minimum atomic E-state index is -0.347. The number of nitrogens with two attached hydrogens (primary N) is 1. The van der Waals surface area contributed by atoms with E-state index in [2.05, 4.69) is 15.3 Å². The lowest BCUT2D eigenvalue weighted by Crippen LogP contribution is -2.44. The number of aryl methyl sites for hydroxylation is 1. The third kappa shape index (κ3) is 4.32. The highest BCUT2D eigenvalue weighted by atomic mass is 32.1. The van der Waals surface area contributed by atoms with E-state index in [9.17, 15) is 9.59 Å². The summed E-state index contributed by atoms with van der Waals surface area (Å²) in [5.41, 5.74) is 7.37. The van der Waals surface area contributed by atoms with E-state index < -0.39 is 0 Å². The average molecular weight is 440 g/mol. The van der Waals surface area contributed by atoms with Gasteiger partial charge in [-0.15, -0.1) is 11.3 Å². The molecule has 2 aromatic heterocycles. The summed E-state index contributed by atoms with van der Waals surface area (Å²) in [5.74, 6) is 0.773. The fourth-order valence-electron chi connectivity index (χ4n) is 3.92. The monoisotopic (exact) mass is 439 g/mol. The number of rotatable bonds is 6. The van der Waals surface area contributed by atoms with Gasteiger partial charge >= 0.3 is 0 Å². The molecular weight excluding hydrogens is 414 g/mol. The number of likely N-dealkylation sites (tertiary alicyclic amines) is 1. The molecule has 0 bridgehead atoms. The molecule has 1 atom stereocenters. The largest absolute Gasteiger partial charge is 0.497 e. The van der Waals surface area contributed by atoms with E-state index in [-0.39, 0.29) is 17.7 Å². The Balaban J connectivity index is 1.59. The van der Waals surface area contributed by atoms with E-state index in [0.29, 0.717) is 30.3 Å². The summed E-state index contributed by atoms with van der Waals surface area (Å²) in [6, 6.07) is 7.81. The summed E-state index contributed by atoms with van der Waals surface area (Å²) in [6.45, 7) is 3.48. The second-order valence-corrected chi connectivity index (χ2v) is 8.66. The second-order valence-electron chi connectivity index (χ2n) is 7.66. The van der Waals surface area contributed by atoms with Crippen molar-refractivity contribution < 1.29 is 14.3 Å². The highest BCUT2D eigenvalue weighted by Crippen LogP contribution is 2.35. The molecule has 0 spiro atoms. The van der Waals surface area contributed by atoms with Crippen LogP contribution in [0.3, 0.4) is 0 Å². The van der Waals surface area contributed by atoms with Crippen molar-refractivity contribution in [2.24, 2.45) is 11.7 Å². The van der Waals surface area contributed by atoms with Gasteiger partial charge in [-0.25, -0.2) is 9.97 Å². The van der Waals surface area contributed by atoms with Crippen LogP contribution in [0, 0.1) is 12.8 Å². The summed E-state index contributed by atoms with van der Waals surface area (Å²) in [6.07, 6.45) is 3.01. The van der Waals surface area contributed by atoms with Gasteiger partial charge in [0, 0.05) is 19.6 Å². The summed E-state index contributed by atoms with van der Waals surface area (Å²) in [7, 11) is 1.64. The van der Waals surface area contributed by atoms with Gasteiger partial charge in [-0.1, -0.05) is 12.1 Å². The van der Waals surface area contributed by atoms with Gasteiger partial charge in [0.2, 0.25) is 5.91 Å². The van der Waals surface area contributed by atoms with Crippen molar-refractivity contribution >= 4 is 39.2 Å². The number of nitrogens with one attached hydrogen (secondary N) is 1. The van der Waals surface area contributed by atoms with Crippen molar-refractivity contribution in [3.8, 4) is 5.75 Å². The van der Waals surface area contributed by atoms with Crippen LogP contribution < -0.4 is 15.8 Å². The van der Waals surface area contributed by atoms with Crippen molar-refractivity contribution in [2.75, 3.05) is 25.5 Å². The van der Waals surface area contributed by atoms with Crippen LogP contribution in [0.1, 0.15) is 33.6 Å². The number of hydrogen-bond acceptors (Lipinski definition) is 7. The molecule has 0 radical (unpaired) electrons. The Labute approximate surface area is 184 Å². The fourth-order valence-corrected chi connectivity index (χ4v) is 5.03. The van der Waals surface area contributed by atoms with E-state index in [1.54, 1.807) is 12.0 Å². The zero-order valence-electron chi connectivity index (χ0n) is 17.6. The van der Waals surface area contributed by atoms with Crippen molar-refractivity contribution in [1.82, 2.24) is 14.9 Å². The van der Waals surface area contributed by atoms with Gasteiger partial charge < -0.3 is 20.7 Å². The molecule has 162 valence electrons. The van der Waals surface area contributed by atoms with Crippen LogP contribution in [-0.4, -0.2) is 46.9 Å². The minimum Gasteiger partial charge on any atom is -0.497 e. The van der Waals surface area contributed by atoms with Crippen LogP contribution in [0.4, 0.5) is 5.82 Å². The number of aromatic nitrogens is 2. The number of ether oxygens (including phenoxy) is 1. The van der Waals surface area contributed by atoms with Crippen LogP contribution in [0.15, 0.2) is 30.6 Å². The number of amides is 2. The third-order valence-electron chi connectivity index (χ3n) is 5.63. The molecule has 9 heteroatoms. The van der Waals surface area contributed by atoms with E-state index >= 15 is 0 Å². The van der Waals surface area contributed by atoms with Crippen molar-refractivity contribution in [1.29, 1.82) is 0 Å². The molecule has 3 heterocycles. The van der Waals surface area contributed by atoms with Gasteiger partial charge in [0.25, 0.3) is 5.91 Å². The maximum absolute atomic E-state index is 13.2. The normalized spacial score (nSPS) is 16.3. The molecule has 3 aromatic rings. The number of anilines is 1. The first kappa shape index (κ1) is 21.0. The van der Waals surface area contributed by atoms with Crippen LogP contribution in [0.5, 0.6) is 5.75 Å². The SMILES string of the molecule is COc1cccc(CNc2ncnc3sc(C(=O)N4CCCC(C(N)=O)C4)c(C)c23)c1. The number of fused-ring (bicyclic) bond motifs is 1. The number of primary amides is 1. The number of piperidine rings is 1. The molecule has 1 unspecified atom stereocenters. The van der Waals surface area contributed by atoms with Gasteiger partial charge in [-0.3, -0.25) is 9.59 Å². The van der Waals surface area contributed by atoms with E-state index in [1.807, 2.05) is 31.2 Å². The Morgan fingerprint density at radius 3 is 2.97 bits per heavy atom. The molecule has 1 fully saturated rings. The highest BCUT2D eigenvalue weighted by Gasteiger charge is 2.30. The van der Waals surface area contributed by atoms with E-state index in [0.717, 1.165) is 39.9 Å². The molecular formula is C22H25N5O3S. The van der Waals surface area contributed by atoms with Gasteiger partial charge in [-0.05, 0) is 43.0 Å². The van der Waals surface area contributed by atoms with Crippen molar-refractivity contribution in [2.45, 2.75) is 26.3 Å². The standard InChI is InChI=1S/C22H25N5O3S/c1-13-17-20(24-10-14-5-3-7-16(9-14)30-2)25-12-26-21(17)31-18(13)22(29)27-8-4-6-15(11-27)19(23)28/h3,5,7,9,12,15H,4,6,8,10-11H2,1-2H3,(H2,23,28)(H,24,25,26). The number of methoxy groups -OCH3 is 1. The topological polar surface area (TPSA) is 110 Å². The maximum atomic E-state index is 13.2. The summed E-state index contributed by atoms with van der Waals surface area (Å²) >= 11 is 1.36. The number of thiophene rings is 1. The molecule has 31 heavy (non-hydrogen) atoms. The Kier molecular flexibility index (Phi) is 6.03. The van der Waals surface area contributed by atoms with Gasteiger partial charge in [0.15, 0.2) is 0 Å². The Morgan fingerprint density at radius 1 is 1.35 bits per heavy atom. The molecule has 1 aliphatic rings. The lowest BCUT2D eigenvalue weighted by Gasteiger charge is -2.31. The molecule has 0 saturated carbocycles. The third-order valence-corrected chi connectivity index (χ3v) is 6.81. The zero-order valence-corrected chi connectivity index (χ0v) is 18.4. The lowest BCUT2D eigenvalue weighted by molar-refractivity contribution is -0.123. The zero-order chi connectivity index (χ0) is 22.0. The predicted molar refractivity (Wildman–Crippen MR) is 120 cm³/mol. The molecule has 1 saturated heterocycles. The Bertz CT molecular complexity index is 1130. The van der Waals surface area contributed by atoms with Gasteiger partial charge in [-0.2, -0.15) is 0 Å². The van der Waals surface area contributed by atoms with E-state index in [4.69, 9.17) is 10.5 Å². The smallest absolute Gasteiger partial charge is 0.264 e. The first-order valence-electron chi connectivity index (χ1n) is 10.2. The number of benzene rings is 1. The van der Waals surface area contributed by atoms with Crippen LogP contribution >= 0.6 is 11.3 Å². The van der Waals surface area contributed by atoms with E-state index in [1.165, 1.54) is 17.7 Å². The molecule has 8 nitrogen and oxygen atoms in total. The van der Waals surface area contributed by atoms with Crippen molar-refractivity contribution in [3.63, 3.8) is 0 Å². The lowest BCUT2D eigenvalue weighted by atomic mass is 9.97. The van der Waals surface area contributed by atoms with Crippen LogP contribution in [0.25, 0.3) is 10.2 Å². The molecule has 0 aliphatic carbocycles. The number of carbonyl (C=O) groups excluding carboxylic acids is 2. The number of hydrogen-bond donors (Lipinski definition) is 2. The minimum absolute atomic E-state index is 0.0785. The molecule has 1 aromatic carbocycles. The summed E-state index contributed by atoms with van der Waals surface area (Å²) < 4.78 is 5.28. The maximum Gasteiger partial charge on any atom is 0.264 e. The quantitative estimate of drug-likeness (QED) is 0.611. The first-order valence-corrected chi connectivity index (χ1v) is 11.0.